The molecule has 10 heteroatoms. The van der Waals surface area contributed by atoms with Gasteiger partial charge in [-0.15, -0.1) is 10.2 Å². The monoisotopic (exact) mass is 305 g/mol. The van der Waals surface area contributed by atoms with Crippen molar-refractivity contribution in [3.05, 3.63) is 11.6 Å². The Bertz CT molecular complexity index is 555. The molecule has 2 amide bonds. The highest BCUT2D eigenvalue weighted by Gasteiger charge is 2.34. The summed E-state index contributed by atoms with van der Waals surface area (Å²) in [5.74, 6) is -0.120. The topological polar surface area (TPSA) is 88.9 Å². The maximum atomic E-state index is 12.1. The molecular formula is C11H14F3N5O2. The van der Waals surface area contributed by atoms with Crippen molar-refractivity contribution in [3.63, 3.8) is 0 Å². The molecule has 0 radical (unpaired) electrons. The molecule has 0 spiro atoms. The van der Waals surface area contributed by atoms with Crippen LogP contribution in [0.4, 0.5) is 13.2 Å². The van der Waals surface area contributed by atoms with Gasteiger partial charge in [0.05, 0.1) is 6.54 Å². The normalized spacial score (nSPS) is 17.4. The summed E-state index contributed by atoms with van der Waals surface area (Å²) < 4.78 is 37.9. The van der Waals surface area contributed by atoms with Crippen LogP contribution < -0.4 is 10.6 Å². The first kappa shape index (κ1) is 15.3. The second kappa shape index (κ2) is 5.70. The van der Waals surface area contributed by atoms with Crippen LogP contribution in [0.15, 0.2) is 0 Å². The van der Waals surface area contributed by atoms with Crippen LogP contribution in [0.3, 0.4) is 0 Å². The van der Waals surface area contributed by atoms with Crippen molar-refractivity contribution < 1.29 is 22.8 Å². The number of aromatic nitrogens is 3. The van der Waals surface area contributed by atoms with Crippen LogP contribution in [0, 0.1) is 0 Å². The Kier molecular flexibility index (Phi) is 4.14. The second-order valence-electron chi connectivity index (χ2n) is 4.70. The van der Waals surface area contributed by atoms with Crippen LogP contribution in [-0.2, 0) is 22.6 Å². The summed E-state index contributed by atoms with van der Waals surface area (Å²) in [6, 6.07) is -0.777. The van der Waals surface area contributed by atoms with Crippen molar-refractivity contribution in [3.8, 4) is 0 Å². The molecule has 7 nitrogen and oxygen atoms in total. The third-order valence-electron chi connectivity index (χ3n) is 3.05. The minimum atomic E-state index is -4.46. The molecule has 0 saturated carbocycles. The third-order valence-corrected chi connectivity index (χ3v) is 3.05. The number of hydrogen-bond donors (Lipinski definition) is 2. The fourth-order valence-electron chi connectivity index (χ4n) is 2.16. The summed E-state index contributed by atoms with van der Waals surface area (Å²) in [6.07, 6.45) is -3.64. The zero-order valence-corrected chi connectivity index (χ0v) is 11.2. The van der Waals surface area contributed by atoms with Gasteiger partial charge in [-0.05, 0) is 6.42 Å². The SMILES string of the molecule is CC(=O)NCc1nnc2n1C(C(=O)NCC(F)(F)F)CC2. The van der Waals surface area contributed by atoms with Gasteiger partial charge in [0, 0.05) is 13.3 Å². The lowest BCUT2D eigenvalue weighted by Crippen LogP contribution is -2.38. The van der Waals surface area contributed by atoms with Crippen molar-refractivity contribution in [2.75, 3.05) is 6.54 Å². The van der Waals surface area contributed by atoms with Crippen LogP contribution in [0.5, 0.6) is 0 Å². The Morgan fingerprint density at radius 3 is 2.67 bits per heavy atom. The third kappa shape index (κ3) is 3.70. The fourth-order valence-corrected chi connectivity index (χ4v) is 2.16. The Morgan fingerprint density at radius 1 is 1.33 bits per heavy atom. The Balaban J connectivity index is 2.07. The van der Waals surface area contributed by atoms with Gasteiger partial charge >= 0.3 is 6.18 Å². The summed E-state index contributed by atoms with van der Waals surface area (Å²) in [4.78, 5) is 22.8. The van der Waals surface area contributed by atoms with Gasteiger partial charge in [-0.2, -0.15) is 13.2 Å². The molecule has 0 saturated heterocycles. The number of halogens is 3. The van der Waals surface area contributed by atoms with Crippen molar-refractivity contribution >= 4 is 11.8 Å². The molecule has 1 aromatic rings. The number of carbonyl (C=O) groups excluding carboxylic acids is 2. The molecule has 1 aliphatic rings. The summed E-state index contributed by atoms with van der Waals surface area (Å²) in [5.41, 5.74) is 0. The maximum Gasteiger partial charge on any atom is 0.405 e. The van der Waals surface area contributed by atoms with Gasteiger partial charge < -0.3 is 15.2 Å². The molecule has 0 bridgehead atoms. The lowest BCUT2D eigenvalue weighted by atomic mass is 10.2. The van der Waals surface area contributed by atoms with Gasteiger partial charge in [0.15, 0.2) is 5.82 Å². The highest BCUT2D eigenvalue weighted by Crippen LogP contribution is 2.26. The number of nitrogens with zero attached hydrogens (tertiary/aromatic N) is 3. The number of aryl methyl sites for hydroxylation is 1. The van der Waals surface area contributed by atoms with E-state index in [4.69, 9.17) is 0 Å². The Morgan fingerprint density at radius 2 is 2.05 bits per heavy atom. The van der Waals surface area contributed by atoms with E-state index in [1.54, 1.807) is 0 Å². The first-order chi connectivity index (χ1) is 9.78. The molecule has 0 aromatic carbocycles. The lowest BCUT2D eigenvalue weighted by molar-refractivity contribution is -0.140. The van der Waals surface area contributed by atoms with Crippen LogP contribution >= 0.6 is 0 Å². The van der Waals surface area contributed by atoms with Crippen LogP contribution in [0.25, 0.3) is 0 Å². The van der Waals surface area contributed by atoms with E-state index in [2.05, 4.69) is 15.5 Å². The van der Waals surface area contributed by atoms with Gasteiger partial charge in [0.1, 0.15) is 18.4 Å². The van der Waals surface area contributed by atoms with Gasteiger partial charge in [-0.25, -0.2) is 0 Å². The molecule has 0 aliphatic carbocycles. The molecular weight excluding hydrogens is 291 g/mol. The Labute approximate surface area is 117 Å². The van der Waals surface area contributed by atoms with E-state index in [0.717, 1.165) is 0 Å². The average Bonchev–Trinajstić information content (AvgIpc) is 2.94. The molecule has 1 aromatic heterocycles. The maximum absolute atomic E-state index is 12.1. The smallest absolute Gasteiger partial charge is 0.349 e. The largest absolute Gasteiger partial charge is 0.405 e. The van der Waals surface area contributed by atoms with Crippen LogP contribution in [0.2, 0.25) is 0 Å². The van der Waals surface area contributed by atoms with Gasteiger partial charge in [0.2, 0.25) is 11.8 Å². The van der Waals surface area contributed by atoms with E-state index in [0.29, 0.717) is 24.5 Å². The quantitative estimate of drug-likeness (QED) is 0.824. The Hall–Kier alpha value is -2.13. The van der Waals surface area contributed by atoms with Crippen molar-refractivity contribution in [1.82, 2.24) is 25.4 Å². The lowest BCUT2D eigenvalue weighted by Gasteiger charge is -2.16. The predicted molar refractivity (Wildman–Crippen MR) is 64.0 cm³/mol. The highest BCUT2D eigenvalue weighted by atomic mass is 19.4. The first-order valence-electron chi connectivity index (χ1n) is 6.29. The molecule has 2 heterocycles. The van der Waals surface area contributed by atoms with Crippen molar-refractivity contribution in [2.24, 2.45) is 0 Å². The highest BCUT2D eigenvalue weighted by molar-refractivity contribution is 5.81. The van der Waals surface area contributed by atoms with Crippen molar-refractivity contribution in [2.45, 2.75) is 38.5 Å². The minimum Gasteiger partial charge on any atom is -0.349 e. The molecule has 0 fully saturated rings. The summed E-state index contributed by atoms with van der Waals surface area (Å²) in [7, 11) is 0. The molecule has 2 rings (SSSR count). The van der Waals surface area contributed by atoms with Gasteiger partial charge in [0.25, 0.3) is 0 Å². The number of alkyl halides is 3. The molecule has 116 valence electrons. The number of nitrogens with one attached hydrogen (secondary N) is 2. The molecule has 1 unspecified atom stereocenters. The molecule has 21 heavy (non-hydrogen) atoms. The van der Waals surface area contributed by atoms with E-state index in [9.17, 15) is 22.8 Å². The van der Waals surface area contributed by atoms with E-state index in [1.165, 1.54) is 11.5 Å². The number of hydrogen-bond acceptors (Lipinski definition) is 4. The van der Waals surface area contributed by atoms with E-state index >= 15 is 0 Å². The zero-order chi connectivity index (χ0) is 15.6. The summed E-state index contributed by atoms with van der Waals surface area (Å²) in [5, 5.41) is 12.1. The molecule has 2 N–H and O–H groups in total. The number of fused-ring (bicyclic) bond motifs is 1. The predicted octanol–water partition coefficient (Wildman–Crippen LogP) is 0.0800. The first-order valence-corrected chi connectivity index (χ1v) is 6.29. The zero-order valence-electron chi connectivity index (χ0n) is 11.2. The van der Waals surface area contributed by atoms with E-state index in [1.807, 2.05) is 5.32 Å². The number of carbonyl (C=O) groups is 2. The minimum absolute atomic E-state index is 0.0748. The van der Waals surface area contributed by atoms with Crippen molar-refractivity contribution in [1.29, 1.82) is 0 Å². The molecule has 1 aliphatic heterocycles. The standard InChI is InChI=1S/C11H14F3N5O2/c1-6(20)15-4-9-18-17-8-3-2-7(19(8)9)10(21)16-5-11(12,13)14/h7H,2-5H2,1H3,(H,15,20)(H,16,21). The second-order valence-corrected chi connectivity index (χ2v) is 4.70. The summed E-state index contributed by atoms with van der Waals surface area (Å²) >= 11 is 0. The fraction of sp³-hybridized carbons (Fsp3) is 0.636. The van der Waals surface area contributed by atoms with Gasteiger partial charge in [-0.3, -0.25) is 9.59 Å². The van der Waals surface area contributed by atoms with Gasteiger partial charge in [-0.1, -0.05) is 0 Å². The number of rotatable bonds is 4. The number of amides is 2. The molecule has 1 atom stereocenters. The summed E-state index contributed by atoms with van der Waals surface area (Å²) in [6.45, 7) is 0.0288. The average molecular weight is 305 g/mol. The van der Waals surface area contributed by atoms with E-state index < -0.39 is 24.7 Å². The van der Waals surface area contributed by atoms with Crippen LogP contribution in [0.1, 0.15) is 31.0 Å². The van der Waals surface area contributed by atoms with E-state index in [-0.39, 0.29) is 12.5 Å². The van der Waals surface area contributed by atoms with Crippen LogP contribution in [-0.4, -0.2) is 39.3 Å².